The molecular formula is C19H30N4O3S. The fourth-order valence-electron chi connectivity index (χ4n) is 3.82. The Bertz CT molecular complexity index is 786. The second-order valence-corrected chi connectivity index (χ2v) is 9.55. The maximum absolute atomic E-state index is 13.0. The average Bonchev–Trinajstić information content (AvgIpc) is 3.05. The van der Waals surface area contributed by atoms with E-state index < -0.39 is 10.0 Å². The summed E-state index contributed by atoms with van der Waals surface area (Å²) < 4.78 is 27.7. The van der Waals surface area contributed by atoms with Crippen molar-refractivity contribution < 1.29 is 13.2 Å². The molecule has 0 aliphatic carbocycles. The monoisotopic (exact) mass is 394 g/mol. The molecule has 8 heteroatoms. The lowest BCUT2D eigenvalue weighted by atomic mass is 10.2. The van der Waals surface area contributed by atoms with Gasteiger partial charge in [-0.05, 0) is 63.8 Å². The molecule has 0 spiro atoms. The molecule has 0 radical (unpaired) electrons. The van der Waals surface area contributed by atoms with Crippen LogP contribution in [0.25, 0.3) is 0 Å². The maximum atomic E-state index is 13.0. The van der Waals surface area contributed by atoms with E-state index in [1.165, 1.54) is 6.92 Å². The van der Waals surface area contributed by atoms with Gasteiger partial charge >= 0.3 is 0 Å². The van der Waals surface area contributed by atoms with Gasteiger partial charge in [0.15, 0.2) is 0 Å². The molecule has 1 saturated heterocycles. The number of amides is 1. The first-order valence-corrected chi connectivity index (χ1v) is 11.0. The Hall–Kier alpha value is -1.48. The summed E-state index contributed by atoms with van der Waals surface area (Å²) in [4.78, 5) is 18.2. The summed E-state index contributed by atoms with van der Waals surface area (Å²) >= 11 is 0. The van der Waals surface area contributed by atoms with E-state index in [2.05, 4.69) is 23.9 Å². The topological polar surface area (TPSA) is 64.2 Å². The van der Waals surface area contributed by atoms with Gasteiger partial charge in [-0.3, -0.25) is 4.79 Å². The SMILES string of the molecule is CC(=O)N1CCc2cc(S(=O)(=O)N3CCN(CCCN(C)C)CC3)ccc21. The minimum absolute atomic E-state index is 0.00486. The molecule has 27 heavy (non-hydrogen) atoms. The van der Waals surface area contributed by atoms with Crippen LogP contribution in [0.15, 0.2) is 23.1 Å². The van der Waals surface area contributed by atoms with Crippen LogP contribution in [0.2, 0.25) is 0 Å². The number of carbonyl (C=O) groups is 1. The Labute approximate surface area is 162 Å². The molecule has 3 rings (SSSR count). The van der Waals surface area contributed by atoms with Crippen molar-refractivity contribution in [3.63, 3.8) is 0 Å². The van der Waals surface area contributed by atoms with Crippen LogP contribution in [-0.4, -0.2) is 88.3 Å². The predicted molar refractivity (Wildman–Crippen MR) is 107 cm³/mol. The molecule has 1 aromatic rings. The van der Waals surface area contributed by atoms with Crippen molar-refractivity contribution in [2.75, 3.05) is 64.8 Å². The van der Waals surface area contributed by atoms with Crippen LogP contribution < -0.4 is 4.90 Å². The summed E-state index contributed by atoms with van der Waals surface area (Å²) in [5, 5.41) is 0. The molecule has 2 aliphatic rings. The molecule has 0 aromatic heterocycles. The van der Waals surface area contributed by atoms with Crippen LogP contribution in [0.5, 0.6) is 0 Å². The van der Waals surface area contributed by atoms with Gasteiger partial charge < -0.3 is 14.7 Å². The first kappa shape index (κ1) is 20.3. The smallest absolute Gasteiger partial charge is 0.243 e. The van der Waals surface area contributed by atoms with Crippen LogP contribution in [0, 0.1) is 0 Å². The van der Waals surface area contributed by atoms with E-state index in [1.54, 1.807) is 27.4 Å². The van der Waals surface area contributed by atoms with Crippen molar-refractivity contribution in [1.82, 2.24) is 14.1 Å². The third-order valence-electron chi connectivity index (χ3n) is 5.38. The molecule has 1 aromatic carbocycles. The molecule has 2 aliphatic heterocycles. The quantitative estimate of drug-likeness (QED) is 0.716. The molecule has 150 valence electrons. The van der Waals surface area contributed by atoms with E-state index in [-0.39, 0.29) is 5.91 Å². The first-order valence-electron chi connectivity index (χ1n) is 9.57. The number of piperazine rings is 1. The van der Waals surface area contributed by atoms with Gasteiger partial charge in [-0.1, -0.05) is 0 Å². The third kappa shape index (κ3) is 4.51. The van der Waals surface area contributed by atoms with Gasteiger partial charge in [0.05, 0.1) is 4.90 Å². The van der Waals surface area contributed by atoms with E-state index in [4.69, 9.17) is 0 Å². The summed E-state index contributed by atoms with van der Waals surface area (Å²) in [6, 6.07) is 5.16. The number of rotatable bonds is 6. The summed E-state index contributed by atoms with van der Waals surface area (Å²) in [7, 11) is 0.649. The Kier molecular flexibility index (Phi) is 6.20. The zero-order valence-corrected chi connectivity index (χ0v) is 17.3. The molecule has 1 amide bonds. The fourth-order valence-corrected chi connectivity index (χ4v) is 5.29. The minimum Gasteiger partial charge on any atom is -0.312 e. The number of hydrogen-bond donors (Lipinski definition) is 0. The van der Waals surface area contributed by atoms with E-state index in [9.17, 15) is 13.2 Å². The van der Waals surface area contributed by atoms with Crippen LogP contribution in [0.3, 0.4) is 0 Å². The molecule has 0 saturated carbocycles. The molecule has 2 heterocycles. The lowest BCUT2D eigenvalue weighted by molar-refractivity contribution is -0.116. The number of carbonyl (C=O) groups excluding carboxylic acids is 1. The van der Waals surface area contributed by atoms with Crippen molar-refractivity contribution >= 4 is 21.6 Å². The second-order valence-electron chi connectivity index (χ2n) is 7.61. The molecule has 7 nitrogen and oxygen atoms in total. The summed E-state index contributed by atoms with van der Waals surface area (Å²) in [6.07, 6.45) is 1.80. The predicted octanol–water partition coefficient (Wildman–Crippen LogP) is 0.854. The molecule has 0 atom stereocenters. The van der Waals surface area contributed by atoms with E-state index in [0.29, 0.717) is 31.0 Å². The molecule has 1 fully saturated rings. The number of hydrogen-bond acceptors (Lipinski definition) is 5. The van der Waals surface area contributed by atoms with Gasteiger partial charge in [-0.2, -0.15) is 4.31 Å². The summed E-state index contributed by atoms with van der Waals surface area (Å²) in [6.45, 7) is 6.82. The Morgan fingerprint density at radius 2 is 1.81 bits per heavy atom. The van der Waals surface area contributed by atoms with Crippen LogP contribution in [0.4, 0.5) is 5.69 Å². The lowest BCUT2D eigenvalue weighted by Gasteiger charge is -2.34. The number of anilines is 1. The number of nitrogens with zero attached hydrogens (tertiary/aromatic N) is 4. The highest BCUT2D eigenvalue weighted by Crippen LogP contribution is 2.31. The van der Waals surface area contributed by atoms with Gasteiger partial charge in [-0.15, -0.1) is 0 Å². The molecule has 0 N–H and O–H groups in total. The first-order chi connectivity index (χ1) is 12.8. The standard InChI is InChI=1S/C19H30N4O3S/c1-16(24)23-10-7-17-15-18(5-6-19(17)23)27(25,26)22-13-11-21(12-14-22)9-4-8-20(2)3/h5-6,15H,4,7-14H2,1-3H3. The molecule has 0 bridgehead atoms. The number of sulfonamides is 1. The fraction of sp³-hybridized carbons (Fsp3) is 0.632. The number of fused-ring (bicyclic) bond motifs is 1. The van der Waals surface area contributed by atoms with Crippen molar-refractivity contribution in [2.45, 2.75) is 24.7 Å². The second kappa shape index (κ2) is 8.26. The maximum Gasteiger partial charge on any atom is 0.243 e. The Balaban J connectivity index is 1.64. The average molecular weight is 395 g/mol. The zero-order chi connectivity index (χ0) is 19.6. The summed E-state index contributed by atoms with van der Waals surface area (Å²) in [5.41, 5.74) is 1.78. The largest absolute Gasteiger partial charge is 0.312 e. The Morgan fingerprint density at radius 1 is 1.11 bits per heavy atom. The highest BCUT2D eigenvalue weighted by Gasteiger charge is 2.30. The summed E-state index contributed by atoms with van der Waals surface area (Å²) in [5.74, 6) is -0.00486. The third-order valence-corrected chi connectivity index (χ3v) is 7.27. The highest BCUT2D eigenvalue weighted by atomic mass is 32.2. The zero-order valence-electron chi connectivity index (χ0n) is 16.5. The van der Waals surface area contributed by atoms with Crippen LogP contribution in [-0.2, 0) is 21.2 Å². The van der Waals surface area contributed by atoms with Crippen LogP contribution >= 0.6 is 0 Å². The highest BCUT2D eigenvalue weighted by molar-refractivity contribution is 7.89. The molecule has 0 unspecified atom stereocenters. The van der Waals surface area contributed by atoms with E-state index >= 15 is 0 Å². The van der Waals surface area contributed by atoms with E-state index in [1.807, 2.05) is 0 Å². The Morgan fingerprint density at radius 3 is 2.44 bits per heavy atom. The van der Waals surface area contributed by atoms with Gasteiger partial charge in [-0.25, -0.2) is 8.42 Å². The van der Waals surface area contributed by atoms with Crippen LogP contribution in [0.1, 0.15) is 18.9 Å². The lowest BCUT2D eigenvalue weighted by Crippen LogP contribution is -2.48. The van der Waals surface area contributed by atoms with Gasteiger partial charge in [0.2, 0.25) is 15.9 Å². The van der Waals surface area contributed by atoms with Gasteiger partial charge in [0, 0.05) is 45.3 Å². The van der Waals surface area contributed by atoms with Gasteiger partial charge in [0.1, 0.15) is 0 Å². The van der Waals surface area contributed by atoms with Crippen molar-refractivity contribution in [2.24, 2.45) is 0 Å². The van der Waals surface area contributed by atoms with Crippen molar-refractivity contribution in [3.05, 3.63) is 23.8 Å². The minimum atomic E-state index is -3.48. The van der Waals surface area contributed by atoms with Gasteiger partial charge in [0.25, 0.3) is 0 Å². The van der Waals surface area contributed by atoms with Crippen molar-refractivity contribution in [3.8, 4) is 0 Å². The number of benzene rings is 1. The normalized spacial score (nSPS) is 18.9. The van der Waals surface area contributed by atoms with Crippen molar-refractivity contribution in [1.29, 1.82) is 0 Å². The van der Waals surface area contributed by atoms with E-state index in [0.717, 1.165) is 43.9 Å². The molecular weight excluding hydrogens is 364 g/mol.